The molecule has 29 heavy (non-hydrogen) atoms. The van der Waals surface area contributed by atoms with Crippen LogP contribution in [0.2, 0.25) is 0 Å². The van der Waals surface area contributed by atoms with Crippen molar-refractivity contribution in [1.29, 1.82) is 0 Å². The Morgan fingerprint density at radius 1 is 1.07 bits per heavy atom. The van der Waals surface area contributed by atoms with Gasteiger partial charge in [0.05, 0.1) is 10.5 Å². The molecule has 0 atom stereocenters. The van der Waals surface area contributed by atoms with Crippen LogP contribution in [-0.2, 0) is 10.2 Å². The lowest BCUT2D eigenvalue weighted by Crippen LogP contribution is -2.48. The largest absolute Gasteiger partial charge is 0.354 e. The molecule has 0 unspecified atom stereocenters. The van der Waals surface area contributed by atoms with Crippen molar-refractivity contribution in [2.24, 2.45) is 0 Å². The Labute approximate surface area is 166 Å². The molecule has 0 aromatic heterocycles. The van der Waals surface area contributed by atoms with Gasteiger partial charge in [-0.2, -0.15) is 0 Å². The molecule has 1 fully saturated rings. The van der Waals surface area contributed by atoms with Crippen LogP contribution >= 0.6 is 0 Å². The summed E-state index contributed by atoms with van der Waals surface area (Å²) in [6.45, 7) is -0.0481. The molecule has 2 aromatic rings. The number of nitrogens with one attached hydrogen (secondary N) is 1. The van der Waals surface area contributed by atoms with Gasteiger partial charge in [0, 0.05) is 18.0 Å². The fourth-order valence-electron chi connectivity index (χ4n) is 4.04. The lowest BCUT2D eigenvalue weighted by Gasteiger charge is -2.42. The smallest absolute Gasteiger partial charge is 0.282 e. The van der Waals surface area contributed by atoms with E-state index in [-0.39, 0.29) is 16.5 Å². The maximum atomic E-state index is 12.6. The molecule has 148 valence electrons. The highest BCUT2D eigenvalue weighted by Crippen LogP contribution is 2.43. The molecule has 1 saturated carbocycles. The molecule has 0 radical (unpaired) electrons. The molecule has 1 aliphatic heterocycles. The number of hydrogen-bond donors (Lipinski definition) is 1. The molecule has 8 heteroatoms. The van der Waals surface area contributed by atoms with Gasteiger partial charge in [-0.1, -0.05) is 42.8 Å². The minimum Gasteiger partial charge on any atom is -0.354 e. The lowest BCUT2D eigenvalue weighted by molar-refractivity contribution is -0.385. The second kappa shape index (κ2) is 7.12. The first-order valence-electron chi connectivity index (χ1n) is 9.39. The Kier molecular flexibility index (Phi) is 4.62. The van der Waals surface area contributed by atoms with E-state index in [1.807, 2.05) is 30.3 Å². The molecule has 2 aliphatic rings. The molecule has 1 heterocycles. The van der Waals surface area contributed by atoms with E-state index in [2.05, 4.69) is 5.32 Å². The van der Waals surface area contributed by atoms with Gasteiger partial charge >= 0.3 is 0 Å². The summed E-state index contributed by atoms with van der Waals surface area (Å²) >= 11 is 0. The predicted molar refractivity (Wildman–Crippen MR) is 103 cm³/mol. The minimum absolute atomic E-state index is 0.0447. The van der Waals surface area contributed by atoms with E-state index < -0.39 is 34.9 Å². The molecule has 0 spiro atoms. The third-order valence-electron chi connectivity index (χ3n) is 5.80. The Hall–Kier alpha value is -3.55. The van der Waals surface area contributed by atoms with Crippen LogP contribution in [0.15, 0.2) is 48.5 Å². The van der Waals surface area contributed by atoms with Crippen molar-refractivity contribution in [3.63, 3.8) is 0 Å². The van der Waals surface area contributed by atoms with Gasteiger partial charge in [0.25, 0.3) is 17.5 Å². The summed E-state index contributed by atoms with van der Waals surface area (Å²) in [5.41, 5.74) is 0.300. The zero-order valence-electron chi connectivity index (χ0n) is 15.6. The van der Waals surface area contributed by atoms with E-state index in [1.165, 1.54) is 18.2 Å². The van der Waals surface area contributed by atoms with Crippen LogP contribution in [0.1, 0.15) is 45.5 Å². The van der Waals surface area contributed by atoms with Crippen molar-refractivity contribution in [3.05, 3.63) is 75.3 Å². The summed E-state index contributed by atoms with van der Waals surface area (Å²) in [6, 6.07) is 13.8. The SMILES string of the molecule is O=C(CN1C(=O)c2cccc([N+](=O)[O-])c2C1=O)NCC1(c2ccccc2)CCC1. The van der Waals surface area contributed by atoms with Gasteiger partial charge in [-0.25, -0.2) is 0 Å². The Morgan fingerprint density at radius 3 is 2.41 bits per heavy atom. The van der Waals surface area contributed by atoms with Crippen molar-refractivity contribution in [2.45, 2.75) is 24.7 Å². The standard InChI is InChI=1S/C21H19N3O5/c25-17(22-13-21(10-5-11-21)14-6-2-1-3-7-14)12-23-19(26)15-8-4-9-16(24(28)29)18(15)20(23)27/h1-4,6-9H,5,10-13H2,(H,22,25). The second-order valence-electron chi connectivity index (χ2n) is 7.43. The van der Waals surface area contributed by atoms with E-state index in [1.54, 1.807) is 0 Å². The zero-order valence-corrected chi connectivity index (χ0v) is 15.6. The van der Waals surface area contributed by atoms with E-state index in [0.717, 1.165) is 29.7 Å². The minimum atomic E-state index is -0.811. The van der Waals surface area contributed by atoms with Gasteiger partial charge in [0.15, 0.2) is 0 Å². The number of fused-ring (bicyclic) bond motifs is 1. The Bertz CT molecular complexity index is 1010. The second-order valence-corrected chi connectivity index (χ2v) is 7.43. The number of nitro benzene ring substituents is 1. The van der Waals surface area contributed by atoms with E-state index in [0.29, 0.717) is 6.54 Å². The van der Waals surface area contributed by atoms with Gasteiger partial charge in [0.1, 0.15) is 12.1 Å². The summed E-state index contributed by atoms with van der Waals surface area (Å²) in [4.78, 5) is 48.8. The number of hydrogen-bond acceptors (Lipinski definition) is 5. The number of nitro groups is 1. The first kappa shape index (κ1) is 18.8. The fraction of sp³-hybridized carbons (Fsp3) is 0.286. The molecule has 2 aromatic carbocycles. The molecule has 4 rings (SSSR count). The Balaban J connectivity index is 1.46. The third-order valence-corrected chi connectivity index (χ3v) is 5.80. The topological polar surface area (TPSA) is 110 Å². The first-order valence-corrected chi connectivity index (χ1v) is 9.39. The molecule has 1 aliphatic carbocycles. The van der Waals surface area contributed by atoms with E-state index in [4.69, 9.17) is 0 Å². The summed E-state index contributed by atoms with van der Waals surface area (Å²) in [5.74, 6) is -1.97. The van der Waals surface area contributed by atoms with E-state index in [9.17, 15) is 24.5 Å². The highest BCUT2D eigenvalue weighted by molar-refractivity contribution is 6.24. The molecular weight excluding hydrogens is 374 g/mol. The molecule has 1 N–H and O–H groups in total. The normalized spacial score (nSPS) is 16.9. The maximum absolute atomic E-state index is 12.6. The number of imide groups is 1. The molecule has 3 amide bonds. The van der Waals surface area contributed by atoms with Crippen molar-refractivity contribution in [2.75, 3.05) is 13.1 Å². The van der Waals surface area contributed by atoms with E-state index >= 15 is 0 Å². The number of carbonyl (C=O) groups is 3. The summed E-state index contributed by atoms with van der Waals surface area (Å²) < 4.78 is 0. The van der Waals surface area contributed by atoms with Crippen LogP contribution in [0.25, 0.3) is 0 Å². The fourth-order valence-corrected chi connectivity index (χ4v) is 4.04. The van der Waals surface area contributed by atoms with Gasteiger partial charge in [0.2, 0.25) is 5.91 Å². The quantitative estimate of drug-likeness (QED) is 0.460. The number of amides is 3. The molecular formula is C21H19N3O5. The van der Waals surface area contributed by atoms with Crippen LogP contribution in [0.5, 0.6) is 0 Å². The van der Waals surface area contributed by atoms with Crippen molar-refractivity contribution in [3.8, 4) is 0 Å². The highest BCUT2D eigenvalue weighted by atomic mass is 16.6. The molecule has 0 bridgehead atoms. The Morgan fingerprint density at radius 2 is 1.79 bits per heavy atom. The summed E-state index contributed by atoms with van der Waals surface area (Å²) in [7, 11) is 0. The molecule has 0 saturated heterocycles. The van der Waals surface area contributed by atoms with Crippen LogP contribution in [-0.4, -0.2) is 40.6 Å². The average molecular weight is 393 g/mol. The van der Waals surface area contributed by atoms with Crippen LogP contribution < -0.4 is 5.32 Å². The predicted octanol–water partition coefficient (Wildman–Crippen LogP) is 2.43. The summed E-state index contributed by atoms with van der Waals surface area (Å²) in [5, 5.41) is 14.0. The van der Waals surface area contributed by atoms with Gasteiger partial charge < -0.3 is 5.32 Å². The number of benzene rings is 2. The first-order chi connectivity index (χ1) is 13.9. The van der Waals surface area contributed by atoms with Crippen LogP contribution in [0.3, 0.4) is 0 Å². The molecule has 8 nitrogen and oxygen atoms in total. The van der Waals surface area contributed by atoms with Gasteiger partial charge in [-0.05, 0) is 24.5 Å². The highest BCUT2D eigenvalue weighted by Gasteiger charge is 2.42. The third kappa shape index (κ3) is 3.16. The number of rotatable bonds is 6. The van der Waals surface area contributed by atoms with Crippen LogP contribution in [0, 0.1) is 10.1 Å². The number of nitrogens with zero attached hydrogens (tertiary/aromatic N) is 2. The number of carbonyl (C=O) groups excluding carboxylic acids is 3. The lowest BCUT2D eigenvalue weighted by atomic mass is 9.64. The van der Waals surface area contributed by atoms with Crippen molar-refractivity contribution in [1.82, 2.24) is 10.2 Å². The average Bonchev–Trinajstić information content (AvgIpc) is 2.93. The van der Waals surface area contributed by atoms with Crippen molar-refractivity contribution < 1.29 is 19.3 Å². The van der Waals surface area contributed by atoms with Gasteiger partial charge in [-0.15, -0.1) is 0 Å². The van der Waals surface area contributed by atoms with Crippen LogP contribution in [0.4, 0.5) is 5.69 Å². The zero-order chi connectivity index (χ0) is 20.6. The maximum Gasteiger partial charge on any atom is 0.282 e. The van der Waals surface area contributed by atoms with Crippen molar-refractivity contribution >= 4 is 23.4 Å². The monoisotopic (exact) mass is 393 g/mol. The summed E-state index contributed by atoms with van der Waals surface area (Å²) in [6.07, 6.45) is 2.99. The van der Waals surface area contributed by atoms with Gasteiger partial charge in [-0.3, -0.25) is 29.4 Å².